The third-order valence-electron chi connectivity index (χ3n) is 2.99. The lowest BCUT2D eigenvalue weighted by molar-refractivity contribution is 1.20. The minimum atomic E-state index is -0.0606. The lowest BCUT2D eigenvalue weighted by Crippen LogP contribution is -2.07. The maximum absolute atomic E-state index is 12.2. The van der Waals surface area contributed by atoms with Crippen molar-refractivity contribution in [1.82, 2.24) is 9.97 Å². The molecule has 0 spiro atoms. The molecule has 0 radical (unpaired) electrons. The second kappa shape index (κ2) is 4.01. The topological polar surface area (TPSA) is 45.8 Å². The second-order valence-electron chi connectivity index (χ2n) is 4.17. The normalized spacial score (nSPS) is 11.4. The predicted molar refractivity (Wildman–Crippen MR) is 81.1 cm³/mol. The van der Waals surface area contributed by atoms with E-state index in [-0.39, 0.29) is 5.56 Å². The van der Waals surface area contributed by atoms with E-state index in [1.165, 1.54) is 11.3 Å². The van der Waals surface area contributed by atoms with Gasteiger partial charge in [0, 0.05) is 10.1 Å². The highest BCUT2D eigenvalue weighted by molar-refractivity contribution is 7.25. The van der Waals surface area contributed by atoms with E-state index in [0.29, 0.717) is 10.5 Å². The van der Waals surface area contributed by atoms with Gasteiger partial charge in [-0.2, -0.15) is 0 Å². The number of benzene rings is 1. The molecule has 1 aromatic carbocycles. The quantitative estimate of drug-likeness (QED) is 0.577. The lowest BCUT2D eigenvalue weighted by atomic mass is 10.2. The molecule has 0 bridgehead atoms. The van der Waals surface area contributed by atoms with Crippen LogP contribution in [0.2, 0.25) is 0 Å². The second-order valence-corrected chi connectivity index (χ2v) is 6.17. The Bertz CT molecular complexity index is 935. The third kappa shape index (κ3) is 1.63. The van der Waals surface area contributed by atoms with Crippen molar-refractivity contribution in [3.63, 3.8) is 0 Å². The molecule has 1 N–H and O–H groups in total. The van der Waals surface area contributed by atoms with Crippen molar-refractivity contribution < 1.29 is 0 Å². The van der Waals surface area contributed by atoms with Gasteiger partial charge in [-0.05, 0) is 17.5 Å². The zero-order chi connectivity index (χ0) is 12.8. The molecule has 92 valence electrons. The van der Waals surface area contributed by atoms with Crippen molar-refractivity contribution in [2.75, 3.05) is 0 Å². The number of hydrogen-bond donors (Lipinski definition) is 1. The van der Waals surface area contributed by atoms with Crippen molar-refractivity contribution >= 4 is 43.0 Å². The van der Waals surface area contributed by atoms with Gasteiger partial charge in [0.1, 0.15) is 4.70 Å². The van der Waals surface area contributed by atoms with Gasteiger partial charge in [-0.3, -0.25) is 4.79 Å². The van der Waals surface area contributed by atoms with Crippen LogP contribution in [0.1, 0.15) is 0 Å². The Morgan fingerprint density at radius 1 is 1.11 bits per heavy atom. The van der Waals surface area contributed by atoms with E-state index >= 15 is 0 Å². The summed E-state index contributed by atoms with van der Waals surface area (Å²) in [5.74, 6) is 0.649. The number of aromatic nitrogens is 2. The summed E-state index contributed by atoms with van der Waals surface area (Å²) in [4.78, 5) is 20.7. The Labute approximate surface area is 116 Å². The van der Waals surface area contributed by atoms with Crippen molar-refractivity contribution in [3.8, 4) is 10.7 Å². The largest absolute Gasteiger partial charge is 0.305 e. The van der Waals surface area contributed by atoms with Crippen LogP contribution in [0.25, 0.3) is 31.0 Å². The van der Waals surface area contributed by atoms with Crippen LogP contribution in [0.5, 0.6) is 0 Å². The maximum atomic E-state index is 12.2. The SMILES string of the molecule is O=c1[nH]c(-c2cccs2)nc2c1sc1ccccc12. The van der Waals surface area contributed by atoms with Crippen LogP contribution in [0.15, 0.2) is 46.6 Å². The summed E-state index contributed by atoms with van der Waals surface area (Å²) in [6, 6.07) is 11.9. The van der Waals surface area contributed by atoms with Crippen molar-refractivity contribution in [2.45, 2.75) is 0 Å². The summed E-state index contributed by atoms with van der Waals surface area (Å²) < 4.78 is 1.79. The summed E-state index contributed by atoms with van der Waals surface area (Å²) >= 11 is 3.06. The molecule has 0 atom stereocenters. The number of nitrogens with zero attached hydrogens (tertiary/aromatic N) is 1. The molecule has 3 heterocycles. The zero-order valence-electron chi connectivity index (χ0n) is 9.71. The molecule has 5 heteroatoms. The predicted octanol–water partition coefficient (Wildman–Crippen LogP) is 3.87. The van der Waals surface area contributed by atoms with Crippen LogP contribution in [0, 0.1) is 0 Å². The average Bonchev–Trinajstić information content (AvgIpc) is 3.06. The fourth-order valence-electron chi connectivity index (χ4n) is 2.13. The number of nitrogens with one attached hydrogen (secondary N) is 1. The Balaban J connectivity index is 2.15. The molecule has 0 amide bonds. The van der Waals surface area contributed by atoms with Gasteiger partial charge in [-0.15, -0.1) is 22.7 Å². The molecule has 0 unspecified atom stereocenters. The van der Waals surface area contributed by atoms with Gasteiger partial charge < -0.3 is 4.98 Å². The van der Waals surface area contributed by atoms with Gasteiger partial charge in [0.05, 0.1) is 10.4 Å². The summed E-state index contributed by atoms with van der Waals surface area (Å²) in [5.41, 5.74) is 0.738. The molecule has 19 heavy (non-hydrogen) atoms. The van der Waals surface area contributed by atoms with Crippen molar-refractivity contribution in [2.24, 2.45) is 0 Å². The van der Waals surface area contributed by atoms with Crippen LogP contribution >= 0.6 is 22.7 Å². The standard InChI is InChI=1S/C14H8N2OS2/c17-14-12-11(8-4-1-2-5-9(8)19-12)15-13(16-14)10-6-3-7-18-10/h1-7H,(H,15,16,17). The highest BCUT2D eigenvalue weighted by Gasteiger charge is 2.12. The molecule has 0 saturated heterocycles. The Morgan fingerprint density at radius 2 is 2.00 bits per heavy atom. The molecule has 0 aliphatic carbocycles. The maximum Gasteiger partial charge on any atom is 0.269 e. The fourth-order valence-corrected chi connectivity index (χ4v) is 3.84. The molecule has 3 nitrogen and oxygen atoms in total. The molecule has 4 rings (SSSR count). The summed E-state index contributed by atoms with van der Waals surface area (Å²) in [7, 11) is 0. The number of aromatic amines is 1. The van der Waals surface area contributed by atoms with Gasteiger partial charge >= 0.3 is 0 Å². The molecular formula is C14H8N2OS2. The highest BCUT2D eigenvalue weighted by Crippen LogP contribution is 2.31. The van der Waals surface area contributed by atoms with E-state index in [4.69, 9.17) is 0 Å². The van der Waals surface area contributed by atoms with Crippen LogP contribution < -0.4 is 5.56 Å². The van der Waals surface area contributed by atoms with Crippen LogP contribution in [0.4, 0.5) is 0 Å². The first-order valence-corrected chi connectivity index (χ1v) is 7.48. The van der Waals surface area contributed by atoms with Crippen LogP contribution in [-0.2, 0) is 0 Å². The smallest absolute Gasteiger partial charge is 0.269 e. The first-order valence-electron chi connectivity index (χ1n) is 5.78. The number of fused-ring (bicyclic) bond motifs is 3. The van der Waals surface area contributed by atoms with E-state index in [1.54, 1.807) is 11.3 Å². The molecule has 0 aliphatic rings. The monoisotopic (exact) mass is 284 g/mol. The van der Waals surface area contributed by atoms with Crippen molar-refractivity contribution in [1.29, 1.82) is 0 Å². The van der Waals surface area contributed by atoms with Crippen molar-refractivity contribution in [3.05, 3.63) is 52.1 Å². The highest BCUT2D eigenvalue weighted by atomic mass is 32.1. The van der Waals surface area contributed by atoms with E-state index in [1.807, 2.05) is 41.8 Å². The Morgan fingerprint density at radius 3 is 2.84 bits per heavy atom. The van der Waals surface area contributed by atoms with Crippen LogP contribution in [-0.4, -0.2) is 9.97 Å². The zero-order valence-corrected chi connectivity index (χ0v) is 11.3. The Kier molecular flexibility index (Phi) is 2.30. The molecule has 0 fully saturated rings. The molecular weight excluding hydrogens is 276 g/mol. The minimum absolute atomic E-state index is 0.0606. The number of H-pyrrole nitrogens is 1. The van der Waals surface area contributed by atoms with E-state index in [0.717, 1.165) is 20.5 Å². The summed E-state index contributed by atoms with van der Waals surface area (Å²) in [6.45, 7) is 0. The number of hydrogen-bond acceptors (Lipinski definition) is 4. The number of thiophene rings is 2. The first-order chi connectivity index (χ1) is 9.33. The number of rotatable bonds is 1. The summed E-state index contributed by atoms with van der Waals surface area (Å²) in [6.07, 6.45) is 0. The van der Waals surface area contributed by atoms with Gasteiger partial charge in [0.25, 0.3) is 5.56 Å². The first kappa shape index (κ1) is 10.9. The van der Waals surface area contributed by atoms with E-state index in [2.05, 4.69) is 9.97 Å². The minimum Gasteiger partial charge on any atom is -0.305 e. The Hall–Kier alpha value is -1.98. The third-order valence-corrected chi connectivity index (χ3v) is 5.02. The molecule has 3 aromatic heterocycles. The summed E-state index contributed by atoms with van der Waals surface area (Å²) in [5, 5.41) is 3.03. The van der Waals surface area contributed by atoms with Gasteiger partial charge in [-0.25, -0.2) is 4.98 Å². The lowest BCUT2D eigenvalue weighted by Gasteiger charge is -1.97. The van der Waals surface area contributed by atoms with Gasteiger partial charge in [0.15, 0.2) is 5.82 Å². The molecule has 4 aromatic rings. The van der Waals surface area contributed by atoms with Gasteiger partial charge in [-0.1, -0.05) is 24.3 Å². The van der Waals surface area contributed by atoms with E-state index in [9.17, 15) is 4.79 Å². The van der Waals surface area contributed by atoms with Gasteiger partial charge in [0.2, 0.25) is 0 Å². The molecule has 0 saturated carbocycles. The van der Waals surface area contributed by atoms with E-state index < -0.39 is 0 Å². The molecule has 0 aliphatic heterocycles. The van der Waals surface area contributed by atoms with Crippen LogP contribution in [0.3, 0.4) is 0 Å². The average molecular weight is 284 g/mol. The fraction of sp³-hybridized carbons (Fsp3) is 0.